The first-order valence-electron chi connectivity index (χ1n) is 12.2. The minimum absolute atomic E-state index is 0.128. The van der Waals surface area contributed by atoms with E-state index in [2.05, 4.69) is 9.88 Å². The number of pyridine rings is 1. The van der Waals surface area contributed by atoms with Gasteiger partial charge >= 0.3 is 0 Å². The molecule has 2 bridgehead atoms. The number of furan rings is 1. The molecular weight excluding hydrogens is 404 g/mol. The first-order valence-corrected chi connectivity index (χ1v) is 12.2. The fourth-order valence-corrected chi connectivity index (χ4v) is 7.24. The molecule has 7 nitrogen and oxygen atoms in total. The third kappa shape index (κ3) is 3.24. The number of hydrogen-bond acceptors (Lipinski definition) is 5. The molecule has 4 aliphatic rings. The summed E-state index contributed by atoms with van der Waals surface area (Å²) in [5.74, 6) is 3.43. The van der Waals surface area contributed by atoms with Gasteiger partial charge in [0.05, 0.1) is 0 Å². The minimum atomic E-state index is -0.613. The van der Waals surface area contributed by atoms with Crippen LogP contribution in [0.1, 0.15) is 53.9 Å². The van der Waals surface area contributed by atoms with Crippen molar-refractivity contribution in [3.8, 4) is 0 Å². The molecule has 2 N–H and O–H groups in total. The summed E-state index contributed by atoms with van der Waals surface area (Å²) in [6.45, 7) is 6.03. The van der Waals surface area contributed by atoms with Crippen LogP contribution in [0.5, 0.6) is 0 Å². The first kappa shape index (κ1) is 20.2. The smallest absolute Gasteiger partial charge is 0.284 e. The Morgan fingerprint density at radius 1 is 1.12 bits per heavy atom. The number of amides is 2. The van der Waals surface area contributed by atoms with Gasteiger partial charge < -0.3 is 15.1 Å². The van der Waals surface area contributed by atoms with Gasteiger partial charge in [-0.2, -0.15) is 0 Å². The SMILES string of the molecule is Cc1ccc2c(CCC(=O)N3CC[C@@H](N4CC5C6CCC(C6)C5C4)C3)c(C(N)=O)oc2n1. The van der Waals surface area contributed by atoms with Crippen molar-refractivity contribution in [1.29, 1.82) is 0 Å². The van der Waals surface area contributed by atoms with Gasteiger partial charge in [-0.25, -0.2) is 4.98 Å². The Kier molecular flexibility index (Phi) is 4.79. The lowest BCUT2D eigenvalue weighted by molar-refractivity contribution is -0.130. The maximum atomic E-state index is 13.0. The molecule has 170 valence electrons. The molecule has 7 heteroatoms. The van der Waals surface area contributed by atoms with Crippen LogP contribution in [0, 0.1) is 30.6 Å². The van der Waals surface area contributed by atoms with E-state index < -0.39 is 5.91 Å². The van der Waals surface area contributed by atoms with Crippen LogP contribution >= 0.6 is 0 Å². The van der Waals surface area contributed by atoms with Crippen LogP contribution < -0.4 is 5.73 Å². The zero-order valence-electron chi connectivity index (χ0n) is 18.8. The van der Waals surface area contributed by atoms with Crippen molar-refractivity contribution in [2.24, 2.45) is 29.4 Å². The summed E-state index contributed by atoms with van der Waals surface area (Å²) >= 11 is 0. The number of carbonyl (C=O) groups excluding carboxylic acids is 2. The zero-order valence-corrected chi connectivity index (χ0v) is 18.8. The molecular formula is C25H32N4O3. The fraction of sp³-hybridized carbons (Fsp3) is 0.640. The number of nitrogens with two attached hydrogens (primary N) is 1. The molecule has 4 heterocycles. The molecule has 2 aliphatic heterocycles. The predicted octanol–water partition coefficient (Wildman–Crippen LogP) is 2.75. The lowest BCUT2D eigenvalue weighted by Gasteiger charge is -2.25. The summed E-state index contributed by atoms with van der Waals surface area (Å²) in [5.41, 5.74) is 7.46. The number of aryl methyl sites for hydroxylation is 2. The van der Waals surface area contributed by atoms with E-state index in [1.807, 2.05) is 24.0 Å². The number of fused-ring (bicyclic) bond motifs is 6. The quantitative estimate of drug-likeness (QED) is 0.778. The van der Waals surface area contributed by atoms with Gasteiger partial charge in [-0.3, -0.25) is 14.5 Å². The van der Waals surface area contributed by atoms with Crippen LogP contribution in [0.25, 0.3) is 11.1 Å². The van der Waals surface area contributed by atoms with E-state index in [1.165, 1.54) is 32.4 Å². The number of carbonyl (C=O) groups is 2. The highest BCUT2D eigenvalue weighted by molar-refractivity contribution is 5.97. The number of primary amides is 1. The van der Waals surface area contributed by atoms with E-state index in [9.17, 15) is 9.59 Å². The average Bonchev–Trinajstić information content (AvgIpc) is 3.57. The van der Waals surface area contributed by atoms with Gasteiger partial charge in [0.1, 0.15) is 0 Å². The highest BCUT2D eigenvalue weighted by atomic mass is 16.4. The summed E-state index contributed by atoms with van der Waals surface area (Å²) in [5, 5.41) is 0.773. The summed E-state index contributed by atoms with van der Waals surface area (Å²) in [7, 11) is 0. The number of nitrogens with zero attached hydrogens (tertiary/aromatic N) is 3. The summed E-state index contributed by atoms with van der Waals surface area (Å²) in [6, 6.07) is 4.29. The lowest BCUT2D eigenvalue weighted by atomic mass is 9.82. The molecule has 0 radical (unpaired) electrons. The highest BCUT2D eigenvalue weighted by Crippen LogP contribution is 2.55. The van der Waals surface area contributed by atoms with Crippen LogP contribution in [-0.4, -0.2) is 58.8 Å². The topological polar surface area (TPSA) is 92.7 Å². The Hall–Kier alpha value is -2.41. The lowest BCUT2D eigenvalue weighted by Crippen LogP contribution is -2.38. The van der Waals surface area contributed by atoms with Crippen molar-refractivity contribution >= 4 is 22.9 Å². The standard InChI is InChI=1S/C25H32N4O3/c1-14-2-5-19-18(23(24(26)31)32-25(19)27-14)6-7-22(30)28-9-8-17(11-28)29-12-20-15-3-4-16(10-15)21(20)13-29/h2,5,15-17,20-21H,3-4,6-13H2,1H3,(H2,26,31)/t15?,16?,17-,20?,21?/m1/s1. The highest BCUT2D eigenvalue weighted by Gasteiger charge is 2.52. The second-order valence-corrected chi connectivity index (χ2v) is 10.5. The van der Waals surface area contributed by atoms with E-state index in [-0.39, 0.29) is 11.7 Å². The fourth-order valence-electron chi connectivity index (χ4n) is 7.24. The normalized spacial score (nSPS) is 31.7. The molecule has 2 saturated heterocycles. The van der Waals surface area contributed by atoms with E-state index in [4.69, 9.17) is 10.2 Å². The molecule has 2 amide bonds. The molecule has 5 atom stereocenters. The van der Waals surface area contributed by atoms with Crippen molar-refractivity contribution in [3.63, 3.8) is 0 Å². The molecule has 0 aromatic carbocycles. The number of rotatable bonds is 5. The van der Waals surface area contributed by atoms with E-state index in [0.29, 0.717) is 30.2 Å². The van der Waals surface area contributed by atoms with Crippen molar-refractivity contribution in [3.05, 3.63) is 29.2 Å². The third-order valence-corrected chi connectivity index (χ3v) is 8.81. The van der Waals surface area contributed by atoms with Crippen LogP contribution in [0.15, 0.2) is 16.5 Å². The zero-order chi connectivity index (χ0) is 22.0. The van der Waals surface area contributed by atoms with Gasteiger partial charge in [-0.1, -0.05) is 0 Å². The minimum Gasteiger partial charge on any atom is -0.432 e. The molecule has 2 aromatic rings. The Morgan fingerprint density at radius 3 is 2.59 bits per heavy atom. The van der Waals surface area contributed by atoms with Crippen molar-refractivity contribution in [2.75, 3.05) is 26.2 Å². The maximum Gasteiger partial charge on any atom is 0.284 e. The van der Waals surface area contributed by atoms with Gasteiger partial charge in [-0.05, 0) is 74.8 Å². The van der Waals surface area contributed by atoms with E-state index in [0.717, 1.165) is 54.3 Å². The number of likely N-dealkylation sites (tertiary alicyclic amines) is 2. The second-order valence-electron chi connectivity index (χ2n) is 10.5. The van der Waals surface area contributed by atoms with Gasteiger partial charge in [0.2, 0.25) is 11.6 Å². The Balaban J connectivity index is 1.09. The average molecular weight is 437 g/mol. The number of hydrogen-bond donors (Lipinski definition) is 1. The van der Waals surface area contributed by atoms with Crippen LogP contribution in [0.2, 0.25) is 0 Å². The summed E-state index contributed by atoms with van der Waals surface area (Å²) in [6.07, 6.45) is 6.23. The Labute approximate surface area is 188 Å². The van der Waals surface area contributed by atoms with Crippen LogP contribution in [-0.2, 0) is 11.2 Å². The molecule has 2 saturated carbocycles. The molecule has 2 aliphatic carbocycles. The van der Waals surface area contributed by atoms with Crippen molar-refractivity contribution in [1.82, 2.24) is 14.8 Å². The third-order valence-electron chi connectivity index (χ3n) is 8.81. The first-order chi connectivity index (χ1) is 15.5. The summed E-state index contributed by atoms with van der Waals surface area (Å²) < 4.78 is 5.63. The summed E-state index contributed by atoms with van der Waals surface area (Å²) in [4.78, 5) is 34.0. The molecule has 4 fully saturated rings. The molecule has 6 rings (SSSR count). The largest absolute Gasteiger partial charge is 0.432 e. The van der Waals surface area contributed by atoms with Crippen molar-refractivity contribution in [2.45, 2.75) is 51.5 Å². The second kappa shape index (κ2) is 7.58. The Morgan fingerprint density at radius 2 is 1.88 bits per heavy atom. The predicted molar refractivity (Wildman–Crippen MR) is 120 cm³/mol. The van der Waals surface area contributed by atoms with Crippen LogP contribution in [0.4, 0.5) is 0 Å². The molecule has 4 unspecified atom stereocenters. The monoisotopic (exact) mass is 436 g/mol. The van der Waals surface area contributed by atoms with E-state index >= 15 is 0 Å². The van der Waals surface area contributed by atoms with Gasteiger partial charge in [-0.15, -0.1) is 0 Å². The Bertz CT molecular complexity index is 1060. The molecule has 0 spiro atoms. The van der Waals surface area contributed by atoms with Gasteiger partial charge in [0, 0.05) is 55.3 Å². The van der Waals surface area contributed by atoms with E-state index in [1.54, 1.807) is 0 Å². The molecule has 2 aromatic heterocycles. The van der Waals surface area contributed by atoms with Gasteiger partial charge in [0.25, 0.3) is 5.91 Å². The maximum absolute atomic E-state index is 13.0. The number of aromatic nitrogens is 1. The van der Waals surface area contributed by atoms with Crippen molar-refractivity contribution < 1.29 is 14.0 Å². The van der Waals surface area contributed by atoms with Crippen LogP contribution in [0.3, 0.4) is 0 Å². The van der Waals surface area contributed by atoms with Gasteiger partial charge in [0.15, 0.2) is 5.76 Å². The molecule has 32 heavy (non-hydrogen) atoms.